The predicted octanol–water partition coefficient (Wildman–Crippen LogP) is 3.92. The van der Waals surface area contributed by atoms with Gasteiger partial charge in [-0.25, -0.2) is 0 Å². The number of rotatable bonds is 4. The fourth-order valence-corrected chi connectivity index (χ4v) is 2.19. The molecule has 0 spiro atoms. The van der Waals surface area contributed by atoms with Gasteiger partial charge in [0, 0.05) is 16.1 Å². The van der Waals surface area contributed by atoms with Crippen molar-refractivity contribution in [2.24, 2.45) is 5.73 Å². The van der Waals surface area contributed by atoms with Gasteiger partial charge < -0.3 is 10.5 Å². The van der Waals surface area contributed by atoms with Crippen molar-refractivity contribution in [1.82, 2.24) is 0 Å². The van der Waals surface area contributed by atoms with Gasteiger partial charge in [0.05, 0.1) is 11.6 Å². The van der Waals surface area contributed by atoms with Gasteiger partial charge >= 0.3 is 0 Å². The molecular weight excluding hydrogens is 316 g/mol. The lowest BCUT2D eigenvalue weighted by molar-refractivity contribution is 0.301. The Kier molecular flexibility index (Phi) is 4.78. The van der Waals surface area contributed by atoms with Gasteiger partial charge in [0.2, 0.25) is 0 Å². The molecule has 0 amide bonds. The van der Waals surface area contributed by atoms with Crippen molar-refractivity contribution in [3.05, 3.63) is 63.6 Å². The first-order valence-electron chi connectivity index (χ1n) is 6.27. The number of hydrogen-bond donors (Lipinski definition) is 1. The van der Waals surface area contributed by atoms with Gasteiger partial charge in [-0.3, -0.25) is 0 Å². The largest absolute Gasteiger partial charge is 0.489 e. The highest BCUT2D eigenvalue weighted by Crippen LogP contribution is 2.28. The number of nitriles is 1. The highest BCUT2D eigenvalue weighted by atomic mass is 79.9. The van der Waals surface area contributed by atoms with E-state index in [1.165, 1.54) is 0 Å². The third-order valence-corrected chi connectivity index (χ3v) is 3.44. The van der Waals surface area contributed by atoms with Crippen LogP contribution >= 0.6 is 15.9 Å². The maximum atomic E-state index is 8.76. The van der Waals surface area contributed by atoms with E-state index in [0.29, 0.717) is 12.2 Å². The summed E-state index contributed by atoms with van der Waals surface area (Å²) < 4.78 is 6.80. The molecule has 0 aliphatic rings. The van der Waals surface area contributed by atoms with E-state index in [4.69, 9.17) is 15.7 Å². The van der Waals surface area contributed by atoms with E-state index in [9.17, 15) is 0 Å². The Labute approximate surface area is 127 Å². The molecule has 0 radical (unpaired) electrons. The summed E-state index contributed by atoms with van der Waals surface area (Å²) in [4.78, 5) is 0. The number of halogens is 1. The van der Waals surface area contributed by atoms with Crippen LogP contribution in [-0.4, -0.2) is 0 Å². The van der Waals surface area contributed by atoms with Gasteiger partial charge in [0.1, 0.15) is 12.4 Å². The lowest BCUT2D eigenvalue weighted by Crippen LogP contribution is -2.08. The number of ether oxygens (including phenoxy) is 1. The smallest absolute Gasteiger partial charge is 0.125 e. The lowest BCUT2D eigenvalue weighted by Gasteiger charge is -2.14. The van der Waals surface area contributed by atoms with E-state index in [1.54, 1.807) is 12.1 Å². The summed E-state index contributed by atoms with van der Waals surface area (Å²) in [5.74, 6) is 0.777. The van der Waals surface area contributed by atoms with Crippen molar-refractivity contribution in [3.8, 4) is 11.8 Å². The zero-order valence-electron chi connectivity index (χ0n) is 11.1. The van der Waals surface area contributed by atoms with Crippen molar-refractivity contribution in [2.75, 3.05) is 0 Å². The van der Waals surface area contributed by atoms with Crippen LogP contribution in [0.4, 0.5) is 0 Å². The van der Waals surface area contributed by atoms with Crippen LogP contribution in [0.15, 0.2) is 46.9 Å². The normalized spacial score (nSPS) is 11.7. The van der Waals surface area contributed by atoms with E-state index in [2.05, 4.69) is 22.0 Å². The molecule has 1 unspecified atom stereocenters. The fourth-order valence-electron chi connectivity index (χ4n) is 1.85. The Bertz CT molecular complexity index is 630. The van der Waals surface area contributed by atoms with E-state index in [1.807, 2.05) is 37.3 Å². The van der Waals surface area contributed by atoms with E-state index < -0.39 is 0 Å². The summed E-state index contributed by atoms with van der Waals surface area (Å²) in [6.45, 7) is 2.37. The third-order valence-electron chi connectivity index (χ3n) is 2.94. The molecule has 0 saturated carbocycles. The Morgan fingerprint density at radius 1 is 1.25 bits per heavy atom. The van der Waals surface area contributed by atoms with Crippen LogP contribution in [0.1, 0.15) is 29.7 Å². The zero-order valence-corrected chi connectivity index (χ0v) is 12.7. The van der Waals surface area contributed by atoms with Crippen molar-refractivity contribution in [3.63, 3.8) is 0 Å². The van der Waals surface area contributed by atoms with Crippen LogP contribution < -0.4 is 10.5 Å². The van der Waals surface area contributed by atoms with E-state index in [-0.39, 0.29) is 6.04 Å². The van der Waals surface area contributed by atoms with Crippen molar-refractivity contribution >= 4 is 15.9 Å². The second-order valence-electron chi connectivity index (χ2n) is 4.57. The molecule has 0 fully saturated rings. The standard InChI is InChI=1S/C16H15BrN2O/c1-11(19)15-7-6-14(17)8-16(15)20-10-13-4-2-12(9-18)3-5-13/h2-8,11H,10,19H2,1H3. The molecular formula is C16H15BrN2O. The molecule has 4 heteroatoms. The van der Waals surface area contributed by atoms with Gasteiger partial charge in [0.25, 0.3) is 0 Å². The number of nitrogens with zero attached hydrogens (tertiary/aromatic N) is 1. The minimum absolute atomic E-state index is 0.0842. The number of benzene rings is 2. The maximum Gasteiger partial charge on any atom is 0.125 e. The first kappa shape index (κ1) is 14.6. The molecule has 2 aromatic carbocycles. The Morgan fingerprint density at radius 3 is 2.55 bits per heavy atom. The molecule has 2 N–H and O–H groups in total. The first-order chi connectivity index (χ1) is 9.60. The lowest BCUT2D eigenvalue weighted by atomic mass is 10.1. The van der Waals surface area contributed by atoms with Crippen molar-refractivity contribution in [1.29, 1.82) is 5.26 Å². The van der Waals surface area contributed by atoms with Gasteiger partial charge in [-0.2, -0.15) is 5.26 Å². The summed E-state index contributed by atoms with van der Waals surface area (Å²) in [5.41, 5.74) is 8.57. The topological polar surface area (TPSA) is 59.0 Å². The molecule has 0 aliphatic carbocycles. The Morgan fingerprint density at radius 2 is 1.95 bits per heavy atom. The van der Waals surface area contributed by atoms with Gasteiger partial charge in [-0.15, -0.1) is 0 Å². The highest BCUT2D eigenvalue weighted by Gasteiger charge is 2.09. The molecule has 3 nitrogen and oxygen atoms in total. The third kappa shape index (κ3) is 3.60. The molecule has 2 aromatic rings. The van der Waals surface area contributed by atoms with Crippen LogP contribution in [0.5, 0.6) is 5.75 Å². The summed E-state index contributed by atoms with van der Waals surface area (Å²) in [6, 6.07) is 15.2. The molecule has 1 atom stereocenters. The molecule has 0 aliphatic heterocycles. The van der Waals surface area contributed by atoms with Crippen molar-refractivity contribution < 1.29 is 4.74 Å². The predicted molar refractivity (Wildman–Crippen MR) is 82.2 cm³/mol. The van der Waals surface area contributed by atoms with Crippen molar-refractivity contribution in [2.45, 2.75) is 19.6 Å². The Balaban J connectivity index is 2.13. The van der Waals surface area contributed by atoms with E-state index in [0.717, 1.165) is 21.3 Å². The molecule has 0 heterocycles. The highest BCUT2D eigenvalue weighted by molar-refractivity contribution is 9.10. The zero-order chi connectivity index (χ0) is 14.5. The average Bonchev–Trinajstić information content (AvgIpc) is 2.45. The molecule has 0 saturated heterocycles. The SMILES string of the molecule is CC(N)c1ccc(Br)cc1OCc1ccc(C#N)cc1. The first-order valence-corrected chi connectivity index (χ1v) is 7.06. The molecule has 2 rings (SSSR count). The van der Waals surface area contributed by atoms with Crippen LogP contribution in [-0.2, 0) is 6.61 Å². The van der Waals surface area contributed by atoms with Crippen LogP contribution in [0, 0.1) is 11.3 Å². The second kappa shape index (κ2) is 6.56. The van der Waals surface area contributed by atoms with Gasteiger partial charge in [-0.05, 0) is 36.8 Å². The van der Waals surface area contributed by atoms with Crippen LogP contribution in [0.3, 0.4) is 0 Å². The van der Waals surface area contributed by atoms with Gasteiger partial charge in [-0.1, -0.05) is 34.1 Å². The number of nitrogens with two attached hydrogens (primary N) is 1. The van der Waals surface area contributed by atoms with Crippen LogP contribution in [0.25, 0.3) is 0 Å². The monoisotopic (exact) mass is 330 g/mol. The van der Waals surface area contributed by atoms with Crippen LogP contribution in [0.2, 0.25) is 0 Å². The molecule has 102 valence electrons. The summed E-state index contributed by atoms with van der Waals surface area (Å²) in [6.07, 6.45) is 0. The Hall–Kier alpha value is -1.83. The summed E-state index contributed by atoms with van der Waals surface area (Å²) in [5, 5.41) is 8.76. The fraction of sp³-hybridized carbons (Fsp3) is 0.188. The van der Waals surface area contributed by atoms with Gasteiger partial charge in [0.15, 0.2) is 0 Å². The quantitative estimate of drug-likeness (QED) is 0.924. The second-order valence-corrected chi connectivity index (χ2v) is 5.48. The maximum absolute atomic E-state index is 8.76. The summed E-state index contributed by atoms with van der Waals surface area (Å²) in [7, 11) is 0. The summed E-state index contributed by atoms with van der Waals surface area (Å²) >= 11 is 3.43. The molecule has 0 bridgehead atoms. The minimum atomic E-state index is -0.0842. The minimum Gasteiger partial charge on any atom is -0.489 e. The average molecular weight is 331 g/mol. The molecule has 20 heavy (non-hydrogen) atoms. The number of hydrogen-bond acceptors (Lipinski definition) is 3. The van der Waals surface area contributed by atoms with E-state index >= 15 is 0 Å². The molecule has 0 aromatic heterocycles.